The predicted octanol–water partition coefficient (Wildman–Crippen LogP) is 2.68. The molecule has 1 aliphatic heterocycles. The molecule has 1 saturated heterocycles. The molecule has 24 heavy (non-hydrogen) atoms. The van der Waals surface area contributed by atoms with Gasteiger partial charge in [0.15, 0.2) is 0 Å². The summed E-state index contributed by atoms with van der Waals surface area (Å²) in [7, 11) is 0. The van der Waals surface area contributed by atoms with Gasteiger partial charge in [0, 0.05) is 48.9 Å². The van der Waals surface area contributed by atoms with E-state index < -0.39 is 0 Å². The highest BCUT2D eigenvalue weighted by Crippen LogP contribution is 2.19. The molecule has 3 rings (SSSR count). The van der Waals surface area contributed by atoms with Gasteiger partial charge in [-0.3, -0.25) is 10.00 Å². The molecule has 2 aromatic rings. The van der Waals surface area contributed by atoms with Crippen LogP contribution >= 0.6 is 11.3 Å². The monoisotopic (exact) mass is 347 g/mol. The number of urea groups is 1. The van der Waals surface area contributed by atoms with E-state index in [0.29, 0.717) is 0 Å². The van der Waals surface area contributed by atoms with Crippen LogP contribution in [-0.4, -0.2) is 52.2 Å². The minimum absolute atomic E-state index is 0.0123. The highest BCUT2D eigenvalue weighted by atomic mass is 32.1. The summed E-state index contributed by atoms with van der Waals surface area (Å²) in [5.41, 5.74) is 3.04. The molecular weight excluding hydrogens is 322 g/mol. The Morgan fingerprint density at radius 3 is 2.71 bits per heavy atom. The number of amides is 2. The number of hydrogen-bond acceptors (Lipinski definition) is 4. The van der Waals surface area contributed by atoms with E-state index in [0.717, 1.165) is 49.7 Å². The molecule has 2 aromatic heterocycles. The number of thiophene rings is 1. The van der Waals surface area contributed by atoms with Gasteiger partial charge >= 0.3 is 6.03 Å². The van der Waals surface area contributed by atoms with Gasteiger partial charge < -0.3 is 10.2 Å². The topological polar surface area (TPSA) is 64.3 Å². The van der Waals surface area contributed by atoms with Crippen LogP contribution in [0.5, 0.6) is 0 Å². The lowest BCUT2D eigenvalue weighted by atomic mass is 10.1. The van der Waals surface area contributed by atoms with Crippen molar-refractivity contribution in [2.45, 2.75) is 33.4 Å². The van der Waals surface area contributed by atoms with E-state index in [1.54, 1.807) is 11.3 Å². The second-order valence-corrected chi connectivity index (χ2v) is 7.39. The van der Waals surface area contributed by atoms with Crippen molar-refractivity contribution < 1.29 is 4.79 Å². The van der Waals surface area contributed by atoms with E-state index in [1.807, 2.05) is 25.7 Å². The number of piperazine rings is 1. The van der Waals surface area contributed by atoms with Crippen LogP contribution in [0.15, 0.2) is 17.5 Å². The van der Waals surface area contributed by atoms with Gasteiger partial charge in [0.1, 0.15) is 0 Å². The standard InChI is InChI=1S/C17H25N5OS/c1-12(16-13(2)19-20-14(16)3)18-17(23)22-8-6-21(7-9-22)11-15-5-4-10-24-15/h4-5,10,12H,6-9,11H2,1-3H3,(H,18,23)(H,19,20)/t12-/m0/s1. The van der Waals surface area contributed by atoms with Crippen molar-refractivity contribution in [1.29, 1.82) is 0 Å². The van der Waals surface area contributed by atoms with Crippen molar-refractivity contribution in [3.63, 3.8) is 0 Å². The van der Waals surface area contributed by atoms with Crippen LogP contribution in [0, 0.1) is 13.8 Å². The van der Waals surface area contributed by atoms with Gasteiger partial charge in [-0.1, -0.05) is 6.07 Å². The highest BCUT2D eigenvalue weighted by Gasteiger charge is 2.24. The Morgan fingerprint density at radius 1 is 1.38 bits per heavy atom. The number of nitrogens with one attached hydrogen (secondary N) is 2. The zero-order valence-corrected chi connectivity index (χ0v) is 15.3. The van der Waals surface area contributed by atoms with Crippen molar-refractivity contribution in [2.75, 3.05) is 26.2 Å². The number of rotatable bonds is 4. The summed E-state index contributed by atoms with van der Waals surface area (Å²) < 4.78 is 0. The summed E-state index contributed by atoms with van der Waals surface area (Å²) in [6.07, 6.45) is 0. The summed E-state index contributed by atoms with van der Waals surface area (Å²) in [5, 5.41) is 12.4. The Balaban J connectivity index is 1.50. The van der Waals surface area contributed by atoms with E-state index in [2.05, 4.69) is 37.9 Å². The molecule has 0 aromatic carbocycles. The van der Waals surface area contributed by atoms with Crippen molar-refractivity contribution in [1.82, 2.24) is 25.3 Å². The fourth-order valence-corrected chi connectivity index (χ4v) is 4.02. The first-order chi connectivity index (χ1) is 11.5. The van der Waals surface area contributed by atoms with Crippen LogP contribution in [0.25, 0.3) is 0 Å². The Morgan fingerprint density at radius 2 is 2.12 bits per heavy atom. The average Bonchev–Trinajstić information content (AvgIpc) is 3.18. The lowest BCUT2D eigenvalue weighted by molar-refractivity contribution is 0.134. The second-order valence-electron chi connectivity index (χ2n) is 6.36. The number of aryl methyl sites for hydroxylation is 2. The number of nitrogens with zero attached hydrogens (tertiary/aromatic N) is 3. The van der Waals surface area contributed by atoms with Crippen molar-refractivity contribution in [2.24, 2.45) is 0 Å². The van der Waals surface area contributed by atoms with Gasteiger partial charge in [-0.15, -0.1) is 11.3 Å². The Bertz CT molecular complexity index is 654. The maximum absolute atomic E-state index is 12.5. The van der Waals surface area contributed by atoms with E-state index in [1.165, 1.54) is 4.88 Å². The smallest absolute Gasteiger partial charge is 0.317 e. The lowest BCUT2D eigenvalue weighted by Crippen LogP contribution is -2.51. The molecule has 0 aliphatic carbocycles. The molecule has 2 N–H and O–H groups in total. The molecule has 1 atom stereocenters. The van der Waals surface area contributed by atoms with Gasteiger partial charge in [-0.2, -0.15) is 5.10 Å². The first kappa shape index (κ1) is 17.0. The highest BCUT2D eigenvalue weighted by molar-refractivity contribution is 7.09. The summed E-state index contributed by atoms with van der Waals surface area (Å²) in [5.74, 6) is 0. The summed E-state index contributed by atoms with van der Waals surface area (Å²) in [6, 6.07) is 4.23. The van der Waals surface area contributed by atoms with Crippen molar-refractivity contribution in [3.05, 3.63) is 39.3 Å². The molecule has 0 bridgehead atoms. The zero-order valence-electron chi connectivity index (χ0n) is 14.5. The SMILES string of the molecule is Cc1n[nH]c(C)c1[C@H](C)NC(=O)N1CCN(Cc2cccs2)CC1. The molecular formula is C17H25N5OS. The Labute approximate surface area is 146 Å². The molecule has 0 saturated carbocycles. The molecule has 1 aliphatic rings. The quantitative estimate of drug-likeness (QED) is 0.894. The first-order valence-corrected chi connectivity index (χ1v) is 9.24. The molecule has 2 amide bonds. The summed E-state index contributed by atoms with van der Waals surface area (Å²) in [6.45, 7) is 10.3. The molecule has 0 radical (unpaired) electrons. The normalized spacial score (nSPS) is 17.0. The number of aromatic nitrogens is 2. The first-order valence-electron chi connectivity index (χ1n) is 8.36. The second kappa shape index (κ2) is 7.36. The maximum Gasteiger partial charge on any atom is 0.317 e. The number of carbonyl (C=O) groups is 1. The van der Waals surface area contributed by atoms with E-state index >= 15 is 0 Å². The van der Waals surface area contributed by atoms with Crippen LogP contribution in [0.1, 0.15) is 34.8 Å². The van der Waals surface area contributed by atoms with E-state index in [9.17, 15) is 4.79 Å². The molecule has 0 unspecified atom stereocenters. The Hall–Kier alpha value is -1.86. The molecule has 6 nitrogen and oxygen atoms in total. The fourth-order valence-electron chi connectivity index (χ4n) is 3.28. The Kier molecular flexibility index (Phi) is 5.20. The fraction of sp³-hybridized carbons (Fsp3) is 0.529. The predicted molar refractivity (Wildman–Crippen MR) is 96.2 cm³/mol. The molecule has 130 valence electrons. The van der Waals surface area contributed by atoms with Gasteiger partial charge in [0.05, 0.1) is 11.7 Å². The zero-order chi connectivity index (χ0) is 17.1. The molecule has 3 heterocycles. The number of aromatic amines is 1. The van der Waals surface area contributed by atoms with Gasteiger partial charge in [-0.25, -0.2) is 4.79 Å². The third-order valence-electron chi connectivity index (χ3n) is 4.58. The average molecular weight is 347 g/mol. The van der Waals surface area contributed by atoms with E-state index in [-0.39, 0.29) is 12.1 Å². The number of H-pyrrole nitrogens is 1. The maximum atomic E-state index is 12.5. The summed E-state index contributed by atoms with van der Waals surface area (Å²) >= 11 is 1.79. The molecule has 7 heteroatoms. The van der Waals surface area contributed by atoms with Crippen LogP contribution < -0.4 is 5.32 Å². The van der Waals surface area contributed by atoms with Gasteiger partial charge in [0.25, 0.3) is 0 Å². The van der Waals surface area contributed by atoms with Gasteiger partial charge in [-0.05, 0) is 32.2 Å². The minimum atomic E-state index is -0.0413. The molecule has 0 spiro atoms. The third-order valence-corrected chi connectivity index (χ3v) is 5.44. The van der Waals surface area contributed by atoms with Crippen molar-refractivity contribution >= 4 is 17.4 Å². The van der Waals surface area contributed by atoms with Crippen LogP contribution in [-0.2, 0) is 6.54 Å². The van der Waals surface area contributed by atoms with E-state index in [4.69, 9.17) is 0 Å². The summed E-state index contributed by atoms with van der Waals surface area (Å²) in [4.78, 5) is 18.2. The largest absolute Gasteiger partial charge is 0.331 e. The van der Waals surface area contributed by atoms with Crippen LogP contribution in [0.4, 0.5) is 4.79 Å². The lowest BCUT2D eigenvalue weighted by Gasteiger charge is -2.35. The van der Waals surface area contributed by atoms with Gasteiger partial charge in [0.2, 0.25) is 0 Å². The number of hydrogen-bond donors (Lipinski definition) is 2. The number of carbonyl (C=O) groups excluding carboxylic acids is 1. The minimum Gasteiger partial charge on any atom is -0.331 e. The third kappa shape index (κ3) is 3.79. The molecule has 1 fully saturated rings. The van der Waals surface area contributed by atoms with Crippen molar-refractivity contribution in [3.8, 4) is 0 Å². The van der Waals surface area contributed by atoms with Crippen LogP contribution in [0.2, 0.25) is 0 Å². The van der Waals surface area contributed by atoms with Crippen LogP contribution in [0.3, 0.4) is 0 Å².